The summed E-state index contributed by atoms with van der Waals surface area (Å²) in [6, 6.07) is 13.2. The summed E-state index contributed by atoms with van der Waals surface area (Å²) in [4.78, 5) is 8.70. The summed E-state index contributed by atoms with van der Waals surface area (Å²) in [7, 11) is 0. The monoisotopic (exact) mass is 354 g/mol. The van der Waals surface area contributed by atoms with Gasteiger partial charge in [0.1, 0.15) is 5.82 Å². The van der Waals surface area contributed by atoms with Gasteiger partial charge in [-0.1, -0.05) is 17.7 Å². The van der Waals surface area contributed by atoms with Crippen molar-refractivity contribution in [1.29, 1.82) is 0 Å². The number of benzene rings is 2. The second kappa shape index (κ2) is 6.49. The molecule has 0 aliphatic carbocycles. The molecule has 1 aliphatic heterocycles. The predicted octanol–water partition coefficient (Wildman–Crippen LogP) is 4.65. The van der Waals surface area contributed by atoms with Crippen LogP contribution < -0.4 is 20.1 Å². The Morgan fingerprint density at radius 2 is 1.76 bits per heavy atom. The van der Waals surface area contributed by atoms with Gasteiger partial charge in [-0.3, -0.25) is 0 Å². The highest BCUT2D eigenvalue weighted by atomic mass is 35.5. The molecule has 0 fully saturated rings. The average Bonchev–Trinajstić information content (AvgIpc) is 3.06. The first kappa shape index (κ1) is 15.5. The number of ether oxygens (including phenoxy) is 2. The van der Waals surface area contributed by atoms with Gasteiger partial charge in [-0.2, -0.15) is 4.98 Å². The molecule has 2 heterocycles. The second-order valence-electron chi connectivity index (χ2n) is 5.55. The van der Waals surface area contributed by atoms with E-state index >= 15 is 0 Å². The fourth-order valence-electron chi connectivity index (χ4n) is 2.41. The lowest BCUT2D eigenvalue weighted by Crippen LogP contribution is -2.00. The lowest BCUT2D eigenvalue weighted by molar-refractivity contribution is 0.174. The van der Waals surface area contributed by atoms with Crippen molar-refractivity contribution in [2.75, 3.05) is 17.4 Å². The summed E-state index contributed by atoms with van der Waals surface area (Å²) < 4.78 is 10.7. The first-order chi connectivity index (χ1) is 12.2. The molecule has 0 bridgehead atoms. The quantitative estimate of drug-likeness (QED) is 0.710. The van der Waals surface area contributed by atoms with Gasteiger partial charge in [-0.15, -0.1) is 0 Å². The minimum atomic E-state index is 0.244. The van der Waals surface area contributed by atoms with Crippen LogP contribution >= 0.6 is 11.6 Å². The molecule has 0 saturated carbocycles. The fraction of sp³-hybridized carbons (Fsp3) is 0.111. The summed E-state index contributed by atoms with van der Waals surface area (Å²) in [5, 5.41) is 7.08. The molecule has 4 rings (SSSR count). The molecule has 25 heavy (non-hydrogen) atoms. The number of rotatable bonds is 4. The van der Waals surface area contributed by atoms with Gasteiger partial charge < -0.3 is 20.1 Å². The van der Waals surface area contributed by atoms with Crippen LogP contribution in [0.1, 0.15) is 5.56 Å². The van der Waals surface area contributed by atoms with Crippen LogP contribution in [0.2, 0.25) is 5.02 Å². The zero-order chi connectivity index (χ0) is 17.2. The minimum Gasteiger partial charge on any atom is -0.454 e. The van der Waals surface area contributed by atoms with E-state index in [1.807, 2.05) is 43.3 Å². The highest BCUT2D eigenvalue weighted by Crippen LogP contribution is 2.34. The van der Waals surface area contributed by atoms with Crippen molar-refractivity contribution in [2.24, 2.45) is 0 Å². The van der Waals surface area contributed by atoms with Crippen LogP contribution in [0.4, 0.5) is 23.1 Å². The van der Waals surface area contributed by atoms with E-state index in [1.165, 1.54) is 0 Å². The molecule has 0 radical (unpaired) electrons. The number of hydrogen-bond donors (Lipinski definition) is 2. The van der Waals surface area contributed by atoms with E-state index in [2.05, 4.69) is 20.6 Å². The highest BCUT2D eigenvalue weighted by molar-refractivity contribution is 6.31. The molecule has 1 aliphatic rings. The summed E-state index contributed by atoms with van der Waals surface area (Å²) in [5.41, 5.74) is 2.71. The summed E-state index contributed by atoms with van der Waals surface area (Å²) in [6.45, 7) is 2.21. The normalized spacial score (nSPS) is 12.1. The molecule has 0 saturated heterocycles. The zero-order valence-electron chi connectivity index (χ0n) is 13.4. The lowest BCUT2D eigenvalue weighted by Gasteiger charge is -2.09. The van der Waals surface area contributed by atoms with Gasteiger partial charge in [0.05, 0.1) is 0 Å². The maximum Gasteiger partial charge on any atom is 0.231 e. The third-order valence-corrected chi connectivity index (χ3v) is 4.14. The van der Waals surface area contributed by atoms with E-state index in [0.717, 1.165) is 22.7 Å². The van der Waals surface area contributed by atoms with Crippen molar-refractivity contribution < 1.29 is 9.47 Å². The van der Waals surface area contributed by atoms with E-state index in [4.69, 9.17) is 21.1 Å². The lowest BCUT2D eigenvalue weighted by atomic mass is 10.2. The maximum atomic E-state index is 6.16. The third-order valence-electron chi connectivity index (χ3n) is 3.73. The van der Waals surface area contributed by atoms with Gasteiger partial charge in [-0.25, -0.2) is 4.98 Å². The molecular weight excluding hydrogens is 340 g/mol. The van der Waals surface area contributed by atoms with E-state index < -0.39 is 0 Å². The molecular formula is C18H15ClN4O2. The van der Waals surface area contributed by atoms with Gasteiger partial charge in [0.2, 0.25) is 12.7 Å². The largest absolute Gasteiger partial charge is 0.454 e. The fourth-order valence-corrected chi connectivity index (χ4v) is 2.59. The first-order valence-electron chi connectivity index (χ1n) is 7.70. The van der Waals surface area contributed by atoms with E-state index in [1.54, 1.807) is 12.3 Å². The standard InChI is InChI=1S/C18H15ClN4O2/c1-11-2-3-12(8-14(11)19)21-17-6-7-20-18(23-17)22-13-4-5-15-16(9-13)25-10-24-15/h2-9H,10H2,1H3,(H2,20,21,22,23). The van der Waals surface area contributed by atoms with Crippen LogP contribution in [0.5, 0.6) is 11.5 Å². The van der Waals surface area contributed by atoms with Crippen LogP contribution in [0.15, 0.2) is 48.7 Å². The van der Waals surface area contributed by atoms with Crippen LogP contribution in [-0.4, -0.2) is 16.8 Å². The van der Waals surface area contributed by atoms with Gasteiger partial charge in [0.25, 0.3) is 0 Å². The Kier molecular flexibility index (Phi) is 4.03. The molecule has 0 unspecified atom stereocenters. The number of hydrogen-bond acceptors (Lipinski definition) is 6. The highest BCUT2D eigenvalue weighted by Gasteiger charge is 2.13. The topological polar surface area (TPSA) is 68.3 Å². The molecule has 2 N–H and O–H groups in total. The smallest absolute Gasteiger partial charge is 0.231 e. The van der Waals surface area contributed by atoms with Gasteiger partial charge in [0.15, 0.2) is 11.5 Å². The van der Waals surface area contributed by atoms with Crippen molar-refractivity contribution >= 4 is 34.7 Å². The molecule has 126 valence electrons. The van der Waals surface area contributed by atoms with E-state index in [9.17, 15) is 0 Å². The van der Waals surface area contributed by atoms with Crippen molar-refractivity contribution in [3.63, 3.8) is 0 Å². The van der Waals surface area contributed by atoms with Gasteiger partial charge in [0, 0.05) is 28.7 Å². The number of aryl methyl sites for hydroxylation is 1. The molecule has 1 aromatic heterocycles. The molecule has 0 spiro atoms. The second-order valence-corrected chi connectivity index (χ2v) is 5.95. The number of halogens is 1. The van der Waals surface area contributed by atoms with Crippen LogP contribution in [0.25, 0.3) is 0 Å². The molecule has 7 heteroatoms. The zero-order valence-corrected chi connectivity index (χ0v) is 14.2. The molecule has 6 nitrogen and oxygen atoms in total. The number of nitrogens with one attached hydrogen (secondary N) is 2. The summed E-state index contributed by atoms with van der Waals surface area (Å²) in [5.74, 6) is 2.58. The van der Waals surface area contributed by atoms with E-state index in [-0.39, 0.29) is 6.79 Å². The number of anilines is 4. The minimum absolute atomic E-state index is 0.244. The summed E-state index contributed by atoms with van der Waals surface area (Å²) >= 11 is 6.16. The molecule has 0 atom stereocenters. The summed E-state index contributed by atoms with van der Waals surface area (Å²) in [6.07, 6.45) is 1.68. The third kappa shape index (κ3) is 3.44. The number of nitrogens with zero attached hydrogens (tertiary/aromatic N) is 2. The van der Waals surface area contributed by atoms with Crippen LogP contribution in [0, 0.1) is 6.92 Å². The van der Waals surface area contributed by atoms with Gasteiger partial charge in [-0.05, 0) is 42.8 Å². The molecule has 0 amide bonds. The van der Waals surface area contributed by atoms with Crippen molar-refractivity contribution in [1.82, 2.24) is 9.97 Å². The first-order valence-corrected chi connectivity index (χ1v) is 8.08. The van der Waals surface area contributed by atoms with Gasteiger partial charge >= 0.3 is 0 Å². The average molecular weight is 355 g/mol. The predicted molar refractivity (Wildman–Crippen MR) is 97.4 cm³/mol. The molecule has 3 aromatic rings. The SMILES string of the molecule is Cc1ccc(Nc2ccnc(Nc3ccc4c(c3)OCO4)n2)cc1Cl. The maximum absolute atomic E-state index is 6.16. The Labute approximate surface area is 149 Å². The van der Waals surface area contributed by atoms with Crippen molar-refractivity contribution in [2.45, 2.75) is 6.92 Å². The Hall–Kier alpha value is -2.99. The Morgan fingerprint density at radius 3 is 2.64 bits per heavy atom. The Bertz CT molecular complexity index is 933. The number of fused-ring (bicyclic) bond motifs is 1. The van der Waals surface area contributed by atoms with Crippen LogP contribution in [0.3, 0.4) is 0 Å². The molecule has 2 aromatic carbocycles. The van der Waals surface area contributed by atoms with Crippen molar-refractivity contribution in [3.05, 3.63) is 59.2 Å². The Balaban J connectivity index is 1.52. The Morgan fingerprint density at radius 1 is 0.960 bits per heavy atom. The van der Waals surface area contributed by atoms with Crippen molar-refractivity contribution in [3.8, 4) is 11.5 Å². The van der Waals surface area contributed by atoms with E-state index in [0.29, 0.717) is 22.5 Å². The number of aromatic nitrogens is 2. The van der Waals surface area contributed by atoms with Crippen LogP contribution in [-0.2, 0) is 0 Å².